The van der Waals surface area contributed by atoms with Gasteiger partial charge in [0.2, 0.25) is 0 Å². The van der Waals surface area contributed by atoms with Crippen molar-refractivity contribution in [3.8, 4) is 5.75 Å². The van der Waals surface area contributed by atoms with Crippen LogP contribution in [0.4, 0.5) is 11.4 Å². The van der Waals surface area contributed by atoms with E-state index in [1.54, 1.807) is 19.1 Å². The summed E-state index contributed by atoms with van der Waals surface area (Å²) in [5, 5.41) is 3.59. The minimum absolute atomic E-state index is 0.185. The van der Waals surface area contributed by atoms with E-state index in [1.165, 1.54) is 5.69 Å². The van der Waals surface area contributed by atoms with Crippen LogP contribution in [0.25, 0.3) is 0 Å². The van der Waals surface area contributed by atoms with Gasteiger partial charge in [0.15, 0.2) is 6.10 Å². The first-order valence-corrected chi connectivity index (χ1v) is 9.57. The van der Waals surface area contributed by atoms with Gasteiger partial charge >= 0.3 is 0 Å². The summed E-state index contributed by atoms with van der Waals surface area (Å²) < 4.78 is 5.73. The number of piperazine rings is 1. The van der Waals surface area contributed by atoms with E-state index in [4.69, 9.17) is 16.3 Å². The van der Waals surface area contributed by atoms with Gasteiger partial charge in [0.1, 0.15) is 5.75 Å². The molecule has 1 N–H and O–H groups in total. The third-order valence-electron chi connectivity index (χ3n) is 4.81. The third kappa shape index (κ3) is 5.15. The number of hydrogen-bond donors (Lipinski definition) is 1. The number of likely N-dealkylation sites (N-methyl/N-ethyl adjacent to an activating group) is 1. The number of amides is 1. The number of halogens is 1. The van der Waals surface area contributed by atoms with Crippen molar-refractivity contribution in [2.24, 2.45) is 0 Å². The summed E-state index contributed by atoms with van der Waals surface area (Å²) in [5.41, 5.74) is 2.86. The van der Waals surface area contributed by atoms with Crippen LogP contribution in [-0.2, 0) is 4.79 Å². The molecule has 6 heteroatoms. The largest absolute Gasteiger partial charge is 0.481 e. The second kappa shape index (κ2) is 8.63. The van der Waals surface area contributed by atoms with E-state index in [-0.39, 0.29) is 5.91 Å². The lowest BCUT2D eigenvalue weighted by Crippen LogP contribution is -2.44. The van der Waals surface area contributed by atoms with E-state index in [0.717, 1.165) is 37.4 Å². The smallest absolute Gasteiger partial charge is 0.265 e. The molecular formula is C21H26ClN3O2. The van der Waals surface area contributed by atoms with Crippen molar-refractivity contribution in [1.29, 1.82) is 0 Å². The summed E-state index contributed by atoms with van der Waals surface area (Å²) >= 11 is 6.02. The Morgan fingerprint density at radius 3 is 2.41 bits per heavy atom. The molecular weight excluding hydrogens is 362 g/mol. The van der Waals surface area contributed by atoms with Crippen molar-refractivity contribution in [3.63, 3.8) is 0 Å². The highest BCUT2D eigenvalue weighted by molar-refractivity contribution is 6.31. The molecule has 3 rings (SSSR count). The van der Waals surface area contributed by atoms with Crippen molar-refractivity contribution in [3.05, 3.63) is 53.1 Å². The molecule has 0 aliphatic carbocycles. The molecule has 1 atom stereocenters. The fourth-order valence-corrected chi connectivity index (χ4v) is 3.13. The van der Waals surface area contributed by atoms with Crippen molar-refractivity contribution >= 4 is 28.9 Å². The first-order valence-electron chi connectivity index (χ1n) is 9.19. The molecule has 5 nitrogen and oxygen atoms in total. The molecule has 1 aliphatic heterocycles. The predicted molar refractivity (Wildman–Crippen MR) is 111 cm³/mol. The Balaban J connectivity index is 1.56. The Labute approximate surface area is 165 Å². The van der Waals surface area contributed by atoms with E-state index in [2.05, 4.69) is 34.3 Å². The zero-order chi connectivity index (χ0) is 19.4. The highest BCUT2D eigenvalue weighted by atomic mass is 35.5. The molecule has 1 fully saturated rings. The molecule has 1 aliphatic rings. The van der Waals surface area contributed by atoms with Gasteiger partial charge in [-0.05, 0) is 68.9 Å². The Kier molecular flexibility index (Phi) is 6.24. The van der Waals surface area contributed by atoms with Crippen molar-refractivity contribution in [2.75, 3.05) is 43.4 Å². The number of ether oxygens (including phenoxy) is 1. The molecule has 1 saturated heterocycles. The van der Waals surface area contributed by atoms with Gasteiger partial charge in [-0.2, -0.15) is 0 Å². The van der Waals surface area contributed by atoms with Crippen LogP contribution in [0.15, 0.2) is 42.5 Å². The van der Waals surface area contributed by atoms with Crippen molar-refractivity contribution < 1.29 is 9.53 Å². The van der Waals surface area contributed by atoms with Crippen LogP contribution >= 0.6 is 11.6 Å². The topological polar surface area (TPSA) is 44.8 Å². The maximum absolute atomic E-state index is 12.4. The third-order valence-corrected chi connectivity index (χ3v) is 5.24. The van der Waals surface area contributed by atoms with E-state index < -0.39 is 6.10 Å². The lowest BCUT2D eigenvalue weighted by Gasteiger charge is -2.34. The maximum atomic E-state index is 12.4. The van der Waals surface area contributed by atoms with Gasteiger partial charge in [0, 0.05) is 42.6 Å². The SMILES string of the molecule is Cc1cc(OC(C)C(=O)Nc2ccc(N3CCN(C)CC3)cc2)ccc1Cl. The minimum Gasteiger partial charge on any atom is -0.481 e. The first-order chi connectivity index (χ1) is 12.9. The van der Waals surface area contributed by atoms with Crippen LogP contribution in [0.5, 0.6) is 5.75 Å². The highest BCUT2D eigenvalue weighted by Gasteiger charge is 2.17. The second-order valence-corrected chi connectivity index (χ2v) is 7.40. The summed E-state index contributed by atoms with van der Waals surface area (Å²) in [5.74, 6) is 0.444. The predicted octanol–water partition coefficient (Wildman–Crippen LogP) is 3.81. The van der Waals surface area contributed by atoms with Crippen molar-refractivity contribution in [1.82, 2.24) is 4.90 Å². The van der Waals surface area contributed by atoms with Gasteiger partial charge in [0.05, 0.1) is 0 Å². The number of anilines is 2. The van der Waals surface area contributed by atoms with Gasteiger partial charge in [-0.25, -0.2) is 0 Å². The lowest BCUT2D eigenvalue weighted by atomic mass is 10.2. The number of rotatable bonds is 5. The number of hydrogen-bond acceptors (Lipinski definition) is 4. The monoisotopic (exact) mass is 387 g/mol. The Bertz CT molecular complexity index is 787. The summed E-state index contributed by atoms with van der Waals surface area (Å²) in [6.45, 7) is 7.82. The van der Waals surface area contributed by atoms with Gasteiger partial charge < -0.3 is 19.9 Å². The molecule has 2 aromatic carbocycles. The molecule has 2 aromatic rings. The van der Waals surface area contributed by atoms with E-state index >= 15 is 0 Å². The van der Waals surface area contributed by atoms with Crippen LogP contribution in [0.3, 0.4) is 0 Å². The Hall–Kier alpha value is -2.24. The van der Waals surface area contributed by atoms with Crippen LogP contribution in [0, 0.1) is 6.92 Å². The fraction of sp³-hybridized carbons (Fsp3) is 0.381. The van der Waals surface area contributed by atoms with Crippen LogP contribution in [0.2, 0.25) is 5.02 Å². The molecule has 0 aromatic heterocycles. The molecule has 0 bridgehead atoms. The van der Waals surface area contributed by atoms with Gasteiger partial charge in [0.25, 0.3) is 5.91 Å². The lowest BCUT2D eigenvalue weighted by molar-refractivity contribution is -0.122. The fourth-order valence-electron chi connectivity index (χ4n) is 3.01. The van der Waals surface area contributed by atoms with Gasteiger partial charge in [-0.1, -0.05) is 11.6 Å². The standard InChI is InChI=1S/C21H26ClN3O2/c1-15-14-19(8-9-20(15)22)27-16(2)21(26)23-17-4-6-18(7-5-17)25-12-10-24(3)11-13-25/h4-9,14,16H,10-13H2,1-3H3,(H,23,26). The van der Waals surface area contributed by atoms with Crippen LogP contribution < -0.4 is 15.0 Å². The number of benzene rings is 2. The average molecular weight is 388 g/mol. The zero-order valence-corrected chi connectivity index (χ0v) is 16.8. The van der Waals surface area contributed by atoms with E-state index in [9.17, 15) is 4.79 Å². The summed E-state index contributed by atoms with van der Waals surface area (Å²) in [6, 6.07) is 13.3. The molecule has 0 spiro atoms. The van der Waals surface area contributed by atoms with Crippen molar-refractivity contribution in [2.45, 2.75) is 20.0 Å². The molecule has 0 radical (unpaired) electrons. The Morgan fingerprint density at radius 2 is 1.78 bits per heavy atom. The van der Waals surface area contributed by atoms with E-state index in [0.29, 0.717) is 10.8 Å². The molecule has 1 amide bonds. The molecule has 1 unspecified atom stereocenters. The maximum Gasteiger partial charge on any atom is 0.265 e. The second-order valence-electron chi connectivity index (χ2n) is 7.00. The highest BCUT2D eigenvalue weighted by Crippen LogP contribution is 2.23. The molecule has 27 heavy (non-hydrogen) atoms. The summed E-state index contributed by atoms with van der Waals surface area (Å²) in [7, 11) is 2.14. The summed E-state index contributed by atoms with van der Waals surface area (Å²) in [4.78, 5) is 17.1. The number of carbonyl (C=O) groups is 1. The number of aryl methyl sites for hydroxylation is 1. The number of carbonyl (C=O) groups excluding carboxylic acids is 1. The minimum atomic E-state index is -0.608. The quantitative estimate of drug-likeness (QED) is 0.847. The summed E-state index contributed by atoms with van der Waals surface area (Å²) in [6.07, 6.45) is -0.608. The zero-order valence-electron chi connectivity index (χ0n) is 16.0. The first kappa shape index (κ1) is 19.5. The van der Waals surface area contributed by atoms with Gasteiger partial charge in [-0.3, -0.25) is 4.79 Å². The molecule has 1 heterocycles. The average Bonchev–Trinajstić information content (AvgIpc) is 2.66. The number of nitrogens with one attached hydrogen (secondary N) is 1. The normalized spacial score (nSPS) is 16.1. The molecule has 144 valence electrons. The van der Waals surface area contributed by atoms with E-state index in [1.807, 2.05) is 25.1 Å². The van der Waals surface area contributed by atoms with Gasteiger partial charge in [-0.15, -0.1) is 0 Å². The Morgan fingerprint density at radius 1 is 1.11 bits per heavy atom. The number of nitrogens with zero attached hydrogens (tertiary/aromatic N) is 2. The molecule has 0 saturated carbocycles. The van der Waals surface area contributed by atoms with Crippen LogP contribution in [0.1, 0.15) is 12.5 Å². The van der Waals surface area contributed by atoms with Crippen LogP contribution in [-0.4, -0.2) is 50.1 Å².